The van der Waals surface area contributed by atoms with E-state index in [0.717, 1.165) is 17.7 Å². The summed E-state index contributed by atoms with van der Waals surface area (Å²) in [4.78, 5) is 1.10. The zero-order valence-corrected chi connectivity index (χ0v) is 8.60. The summed E-state index contributed by atoms with van der Waals surface area (Å²) in [5, 5.41) is 15.6. The molecule has 0 aromatic carbocycles. The lowest BCUT2D eigenvalue weighted by Crippen LogP contribution is -2.37. The molecule has 72 valence electrons. The molecule has 1 heterocycles. The van der Waals surface area contributed by atoms with E-state index >= 15 is 0 Å². The van der Waals surface area contributed by atoms with Crippen molar-refractivity contribution >= 4 is 11.3 Å². The Balaban J connectivity index is 2.22. The van der Waals surface area contributed by atoms with Gasteiger partial charge in [0.15, 0.2) is 0 Å². The maximum Gasteiger partial charge on any atom is 0.114 e. The van der Waals surface area contributed by atoms with Crippen molar-refractivity contribution in [1.29, 1.82) is 0 Å². The fourth-order valence-corrected chi connectivity index (χ4v) is 2.69. The van der Waals surface area contributed by atoms with Crippen molar-refractivity contribution in [2.45, 2.75) is 18.4 Å². The fourth-order valence-electron chi connectivity index (χ4n) is 1.79. The van der Waals surface area contributed by atoms with Crippen molar-refractivity contribution < 1.29 is 5.11 Å². The van der Waals surface area contributed by atoms with E-state index in [1.165, 1.54) is 0 Å². The highest BCUT2D eigenvalue weighted by atomic mass is 32.1. The van der Waals surface area contributed by atoms with Gasteiger partial charge in [0.25, 0.3) is 0 Å². The van der Waals surface area contributed by atoms with Gasteiger partial charge in [-0.25, -0.2) is 0 Å². The zero-order chi connectivity index (χ0) is 9.31. The number of rotatable bonds is 4. The van der Waals surface area contributed by atoms with Crippen LogP contribution in [0.2, 0.25) is 0 Å². The Hall–Kier alpha value is -0.380. The van der Waals surface area contributed by atoms with Crippen LogP contribution in [0.15, 0.2) is 17.5 Å². The maximum absolute atomic E-state index is 10.5. The van der Waals surface area contributed by atoms with Gasteiger partial charge in [0, 0.05) is 11.4 Å². The number of thiophene rings is 1. The summed E-state index contributed by atoms with van der Waals surface area (Å²) in [6.45, 7) is 0.665. The molecule has 0 amide bonds. The largest absolute Gasteiger partial charge is 0.383 e. The second kappa shape index (κ2) is 3.40. The predicted molar refractivity (Wildman–Crippen MR) is 54.9 cm³/mol. The quantitative estimate of drug-likeness (QED) is 0.768. The molecule has 1 atom stereocenters. The van der Waals surface area contributed by atoms with E-state index in [4.69, 9.17) is 0 Å². The highest BCUT2D eigenvalue weighted by molar-refractivity contribution is 7.10. The molecule has 1 aliphatic carbocycles. The summed E-state index contributed by atoms with van der Waals surface area (Å²) in [5.41, 5.74) is -0.608. The van der Waals surface area contributed by atoms with Crippen LogP contribution >= 0.6 is 11.3 Å². The first-order valence-electron chi connectivity index (χ1n) is 4.68. The Morgan fingerprint density at radius 3 is 2.92 bits per heavy atom. The van der Waals surface area contributed by atoms with Gasteiger partial charge in [-0.1, -0.05) is 6.07 Å². The molecule has 1 aromatic heterocycles. The predicted octanol–water partition coefficient (Wildman–Crippen LogP) is 1.57. The summed E-state index contributed by atoms with van der Waals surface area (Å²) in [6, 6.07) is 4.03. The number of likely N-dealkylation sites (N-methyl/N-ethyl adjacent to an activating group) is 1. The average Bonchev–Trinajstić information content (AvgIpc) is 2.82. The monoisotopic (exact) mass is 197 g/mol. The molecule has 0 bridgehead atoms. The lowest BCUT2D eigenvalue weighted by atomic mass is 9.96. The van der Waals surface area contributed by atoms with Crippen molar-refractivity contribution in [2.24, 2.45) is 5.92 Å². The smallest absolute Gasteiger partial charge is 0.114 e. The number of nitrogens with one attached hydrogen (secondary N) is 1. The molecule has 0 aliphatic heterocycles. The van der Waals surface area contributed by atoms with Gasteiger partial charge in [-0.2, -0.15) is 0 Å². The third-order valence-corrected chi connectivity index (χ3v) is 3.68. The molecule has 2 N–H and O–H groups in total. The molecule has 0 radical (unpaired) electrons. The average molecular weight is 197 g/mol. The molecule has 3 heteroatoms. The number of hydrogen-bond acceptors (Lipinski definition) is 3. The Bertz CT molecular complexity index is 268. The van der Waals surface area contributed by atoms with Gasteiger partial charge in [0.1, 0.15) is 5.60 Å². The van der Waals surface area contributed by atoms with Gasteiger partial charge in [-0.15, -0.1) is 11.3 Å². The highest BCUT2D eigenvalue weighted by Crippen LogP contribution is 2.46. The van der Waals surface area contributed by atoms with Crippen LogP contribution < -0.4 is 5.32 Å². The topological polar surface area (TPSA) is 32.3 Å². The van der Waals surface area contributed by atoms with Gasteiger partial charge in [0.05, 0.1) is 0 Å². The van der Waals surface area contributed by atoms with E-state index in [1.807, 2.05) is 24.6 Å². The molecule has 1 aliphatic rings. The minimum Gasteiger partial charge on any atom is -0.383 e. The van der Waals surface area contributed by atoms with Gasteiger partial charge >= 0.3 is 0 Å². The number of hydrogen-bond donors (Lipinski definition) is 2. The van der Waals surface area contributed by atoms with Crippen molar-refractivity contribution in [3.63, 3.8) is 0 Å². The van der Waals surface area contributed by atoms with Crippen molar-refractivity contribution in [3.8, 4) is 0 Å². The molecule has 13 heavy (non-hydrogen) atoms. The van der Waals surface area contributed by atoms with Crippen LogP contribution in [-0.4, -0.2) is 18.7 Å². The van der Waals surface area contributed by atoms with Gasteiger partial charge in [-0.05, 0) is 37.3 Å². The van der Waals surface area contributed by atoms with Crippen LogP contribution in [0.3, 0.4) is 0 Å². The highest BCUT2D eigenvalue weighted by Gasteiger charge is 2.45. The first kappa shape index (κ1) is 9.19. The van der Waals surface area contributed by atoms with Crippen molar-refractivity contribution in [1.82, 2.24) is 5.32 Å². The van der Waals surface area contributed by atoms with Crippen LogP contribution in [0.25, 0.3) is 0 Å². The molecule has 2 nitrogen and oxygen atoms in total. The lowest BCUT2D eigenvalue weighted by molar-refractivity contribution is 0.0189. The molecule has 1 aromatic rings. The standard InChI is InChI=1S/C10H15NOS/c1-11-7-10(12,8-4-5-8)9-3-2-6-13-9/h2-3,6,8,11-12H,4-5,7H2,1H3. The van der Waals surface area contributed by atoms with E-state index in [0.29, 0.717) is 12.5 Å². The first-order valence-corrected chi connectivity index (χ1v) is 5.56. The molecule has 1 fully saturated rings. The van der Waals surface area contributed by atoms with E-state index in [9.17, 15) is 5.11 Å². The minimum atomic E-state index is -0.608. The normalized spacial score (nSPS) is 21.4. The molecule has 2 rings (SSSR count). The number of aliphatic hydroxyl groups is 1. The second-order valence-electron chi connectivity index (χ2n) is 3.71. The fraction of sp³-hybridized carbons (Fsp3) is 0.600. The molecular weight excluding hydrogens is 182 g/mol. The molecule has 1 unspecified atom stereocenters. The third-order valence-electron chi connectivity index (χ3n) is 2.65. The maximum atomic E-state index is 10.5. The van der Waals surface area contributed by atoms with Crippen LogP contribution in [0.4, 0.5) is 0 Å². The van der Waals surface area contributed by atoms with Crippen LogP contribution in [0.5, 0.6) is 0 Å². The Morgan fingerprint density at radius 2 is 2.46 bits per heavy atom. The Kier molecular flexibility index (Phi) is 2.41. The van der Waals surface area contributed by atoms with E-state index in [1.54, 1.807) is 11.3 Å². The van der Waals surface area contributed by atoms with Crippen LogP contribution in [-0.2, 0) is 5.60 Å². The molecule has 0 saturated heterocycles. The van der Waals surface area contributed by atoms with E-state index in [2.05, 4.69) is 5.32 Å². The zero-order valence-electron chi connectivity index (χ0n) is 7.79. The first-order chi connectivity index (χ1) is 6.27. The molecule has 1 saturated carbocycles. The summed E-state index contributed by atoms with van der Waals surface area (Å²) < 4.78 is 0. The summed E-state index contributed by atoms with van der Waals surface area (Å²) in [6.07, 6.45) is 2.33. The van der Waals surface area contributed by atoms with Gasteiger partial charge in [-0.3, -0.25) is 0 Å². The van der Waals surface area contributed by atoms with Crippen molar-refractivity contribution in [2.75, 3.05) is 13.6 Å². The Morgan fingerprint density at radius 1 is 1.69 bits per heavy atom. The summed E-state index contributed by atoms with van der Waals surface area (Å²) in [7, 11) is 1.89. The summed E-state index contributed by atoms with van der Waals surface area (Å²) >= 11 is 1.65. The lowest BCUT2D eigenvalue weighted by Gasteiger charge is -2.26. The van der Waals surface area contributed by atoms with Gasteiger partial charge in [0.2, 0.25) is 0 Å². The van der Waals surface area contributed by atoms with E-state index < -0.39 is 5.60 Å². The summed E-state index contributed by atoms with van der Waals surface area (Å²) in [5.74, 6) is 0.471. The van der Waals surface area contributed by atoms with Crippen LogP contribution in [0.1, 0.15) is 17.7 Å². The minimum absolute atomic E-state index is 0.471. The Labute approximate surface area is 82.6 Å². The van der Waals surface area contributed by atoms with Crippen LogP contribution in [0, 0.1) is 5.92 Å². The SMILES string of the molecule is CNCC(O)(c1cccs1)C1CC1. The van der Waals surface area contributed by atoms with E-state index in [-0.39, 0.29) is 0 Å². The van der Waals surface area contributed by atoms with Gasteiger partial charge < -0.3 is 10.4 Å². The third kappa shape index (κ3) is 1.64. The molecular formula is C10H15NOS. The van der Waals surface area contributed by atoms with Crippen molar-refractivity contribution in [3.05, 3.63) is 22.4 Å². The second-order valence-corrected chi connectivity index (χ2v) is 4.65. The molecule has 0 spiro atoms.